The van der Waals surface area contributed by atoms with Crippen LogP contribution < -0.4 is 5.73 Å². The van der Waals surface area contributed by atoms with Gasteiger partial charge >= 0.3 is 21.1 Å². The second-order valence-electron chi connectivity index (χ2n) is 1.90. The smallest absolute Gasteiger partial charge is 0.759 e. The van der Waals surface area contributed by atoms with Crippen LogP contribution in [-0.2, 0) is 31.5 Å². The fourth-order valence-electron chi connectivity index (χ4n) is 0.394. The molecule has 0 amide bonds. The average molecular weight is 414 g/mol. The fourth-order valence-corrected chi connectivity index (χ4v) is 0.394. The maximum absolute atomic E-state index is 8.52. The second-order valence-corrected chi connectivity index (χ2v) is 2.72. The van der Waals surface area contributed by atoms with E-state index in [2.05, 4.69) is 6.92 Å². The molecule has 9 heteroatoms. The molecule has 0 heterocycles. The van der Waals surface area contributed by atoms with Gasteiger partial charge in [0.1, 0.15) is 0 Å². The van der Waals surface area contributed by atoms with E-state index in [-0.39, 0.29) is 32.0 Å². The topological polar surface area (TPSA) is 169 Å². The summed E-state index contributed by atoms with van der Waals surface area (Å²) in [6, 6.07) is 0. The molecular formula is C5H17NO6PtS. The Kier molecular flexibility index (Phi) is 39.9. The summed E-state index contributed by atoms with van der Waals surface area (Å²) >= 11 is 0. The predicted molar refractivity (Wildman–Crippen MR) is 46.3 cm³/mol. The molecule has 0 rings (SSSR count). The molecule has 0 bridgehead atoms. The van der Waals surface area contributed by atoms with E-state index in [0.717, 1.165) is 6.54 Å². The van der Waals surface area contributed by atoms with E-state index in [9.17, 15) is 0 Å². The van der Waals surface area contributed by atoms with Crippen molar-refractivity contribution in [3.63, 3.8) is 0 Å². The SMILES string of the molecule is CCCCCN.O.O.O=S(=O)([O-])[O-].[Pt+2]. The molecule has 0 saturated carbocycles. The van der Waals surface area contributed by atoms with E-state index >= 15 is 0 Å². The van der Waals surface area contributed by atoms with E-state index < -0.39 is 10.4 Å². The number of hydrogen-bond donors (Lipinski definition) is 1. The molecule has 7 nitrogen and oxygen atoms in total. The van der Waals surface area contributed by atoms with Crippen molar-refractivity contribution in [1.82, 2.24) is 0 Å². The predicted octanol–water partition coefficient (Wildman–Crippen LogP) is -1.85. The molecule has 0 aliphatic rings. The first-order chi connectivity index (χ1) is 4.91. The van der Waals surface area contributed by atoms with Crippen LogP contribution in [0.25, 0.3) is 0 Å². The maximum Gasteiger partial charge on any atom is 2.00 e. The zero-order valence-corrected chi connectivity index (χ0v) is 10.9. The molecule has 0 radical (unpaired) electrons. The average Bonchev–Trinajstić information content (AvgIpc) is 1.79. The van der Waals surface area contributed by atoms with Crippen LogP contribution >= 0.6 is 0 Å². The van der Waals surface area contributed by atoms with Gasteiger partial charge in [-0.25, -0.2) is 0 Å². The van der Waals surface area contributed by atoms with E-state index in [0.29, 0.717) is 0 Å². The molecule has 14 heavy (non-hydrogen) atoms. The van der Waals surface area contributed by atoms with Crippen LogP contribution in [0.3, 0.4) is 0 Å². The molecule has 0 fully saturated rings. The van der Waals surface area contributed by atoms with Gasteiger partial charge in [0, 0.05) is 10.4 Å². The molecule has 0 saturated heterocycles. The zero-order valence-electron chi connectivity index (χ0n) is 7.76. The van der Waals surface area contributed by atoms with Gasteiger partial charge in [0.05, 0.1) is 0 Å². The summed E-state index contributed by atoms with van der Waals surface area (Å²) in [7, 11) is -5.17. The van der Waals surface area contributed by atoms with Crippen LogP contribution in [0.15, 0.2) is 0 Å². The Labute approximate surface area is 98.5 Å². The number of unbranched alkanes of at least 4 members (excludes halogenated alkanes) is 2. The molecule has 0 aliphatic carbocycles. The Balaban J connectivity index is -0.0000000321. The monoisotopic (exact) mass is 414 g/mol. The van der Waals surface area contributed by atoms with E-state index in [1.165, 1.54) is 19.3 Å². The summed E-state index contributed by atoms with van der Waals surface area (Å²) in [6.07, 6.45) is 3.75. The van der Waals surface area contributed by atoms with Gasteiger partial charge in [0.25, 0.3) is 0 Å². The van der Waals surface area contributed by atoms with E-state index in [1.807, 2.05) is 0 Å². The Hall–Kier alpha value is 0.438. The van der Waals surface area contributed by atoms with Crippen molar-refractivity contribution in [1.29, 1.82) is 0 Å². The van der Waals surface area contributed by atoms with Crippen molar-refractivity contribution < 1.29 is 49.5 Å². The third kappa shape index (κ3) is 138. The Bertz CT molecular complexity index is 150. The van der Waals surface area contributed by atoms with Gasteiger partial charge in [-0.15, -0.1) is 0 Å². The fraction of sp³-hybridized carbons (Fsp3) is 1.00. The second kappa shape index (κ2) is 19.1. The molecule has 0 aromatic heterocycles. The van der Waals surface area contributed by atoms with Crippen molar-refractivity contribution in [3.05, 3.63) is 0 Å². The summed E-state index contributed by atoms with van der Waals surface area (Å²) in [5.74, 6) is 0. The largest absolute Gasteiger partial charge is 2.00 e. The van der Waals surface area contributed by atoms with Crippen LogP contribution in [0.5, 0.6) is 0 Å². The third-order valence-electron chi connectivity index (χ3n) is 0.808. The van der Waals surface area contributed by atoms with Crippen molar-refractivity contribution in [2.45, 2.75) is 26.2 Å². The van der Waals surface area contributed by atoms with Gasteiger partial charge in [0.2, 0.25) is 0 Å². The summed E-state index contributed by atoms with van der Waals surface area (Å²) in [4.78, 5) is 0. The minimum absolute atomic E-state index is 0. The first-order valence-corrected chi connectivity index (χ1v) is 4.62. The van der Waals surface area contributed by atoms with Gasteiger partial charge in [0.15, 0.2) is 0 Å². The van der Waals surface area contributed by atoms with Crippen molar-refractivity contribution >= 4 is 10.4 Å². The number of hydrogen-bond acceptors (Lipinski definition) is 5. The van der Waals surface area contributed by atoms with E-state index in [1.54, 1.807) is 0 Å². The molecule has 94 valence electrons. The third-order valence-corrected chi connectivity index (χ3v) is 0.808. The van der Waals surface area contributed by atoms with Crippen LogP contribution in [0.2, 0.25) is 0 Å². The summed E-state index contributed by atoms with van der Waals surface area (Å²) in [5, 5.41) is 0. The molecular weight excluding hydrogens is 397 g/mol. The molecule has 0 aromatic rings. The summed E-state index contributed by atoms with van der Waals surface area (Å²) in [6.45, 7) is 3.03. The molecule has 0 aliphatic heterocycles. The quantitative estimate of drug-likeness (QED) is 0.324. The Morgan fingerprint density at radius 1 is 1.14 bits per heavy atom. The number of nitrogens with two attached hydrogens (primary N) is 1. The minimum atomic E-state index is -5.17. The summed E-state index contributed by atoms with van der Waals surface area (Å²) < 4.78 is 34.1. The first-order valence-electron chi connectivity index (χ1n) is 3.28. The van der Waals surface area contributed by atoms with Crippen LogP contribution in [-0.4, -0.2) is 35.0 Å². The Morgan fingerprint density at radius 2 is 1.43 bits per heavy atom. The molecule has 0 aromatic carbocycles. The Morgan fingerprint density at radius 3 is 1.50 bits per heavy atom. The maximum atomic E-state index is 8.52. The van der Waals surface area contributed by atoms with Crippen LogP contribution in [0, 0.1) is 0 Å². The van der Waals surface area contributed by atoms with Gasteiger partial charge in [-0.3, -0.25) is 8.42 Å². The first kappa shape index (κ1) is 29.3. The normalized spacial score (nSPS) is 8.00. The molecule has 0 atom stereocenters. The molecule has 6 N–H and O–H groups in total. The van der Waals surface area contributed by atoms with Gasteiger partial charge < -0.3 is 25.8 Å². The van der Waals surface area contributed by atoms with Crippen molar-refractivity contribution in [2.24, 2.45) is 5.73 Å². The molecule has 0 unspecified atom stereocenters. The minimum Gasteiger partial charge on any atom is -0.759 e. The van der Waals surface area contributed by atoms with Crippen molar-refractivity contribution in [2.75, 3.05) is 6.54 Å². The molecule has 0 spiro atoms. The van der Waals surface area contributed by atoms with Gasteiger partial charge in [-0.2, -0.15) is 0 Å². The van der Waals surface area contributed by atoms with Crippen molar-refractivity contribution in [3.8, 4) is 0 Å². The van der Waals surface area contributed by atoms with Crippen LogP contribution in [0.1, 0.15) is 26.2 Å². The summed E-state index contributed by atoms with van der Waals surface area (Å²) in [5.41, 5.74) is 5.21. The van der Waals surface area contributed by atoms with Gasteiger partial charge in [-0.05, 0) is 13.0 Å². The van der Waals surface area contributed by atoms with E-state index in [4.69, 9.17) is 23.3 Å². The van der Waals surface area contributed by atoms with Crippen LogP contribution in [0.4, 0.5) is 0 Å². The zero-order chi connectivity index (χ0) is 9.33. The van der Waals surface area contributed by atoms with Gasteiger partial charge in [-0.1, -0.05) is 19.8 Å². The number of rotatable bonds is 3. The standard InChI is InChI=1S/C5H13N.H2O4S.2H2O.Pt/c1-2-3-4-5-6;1-5(2,3)4;;;/h2-6H2,1H3;(H2,1,2,3,4);2*1H2;/q;;;;+2/p-2.